The van der Waals surface area contributed by atoms with Crippen molar-refractivity contribution >= 4 is 17.3 Å². The monoisotopic (exact) mass is 290 g/mol. The summed E-state index contributed by atoms with van der Waals surface area (Å²) >= 11 is 0. The average molecular weight is 290 g/mol. The van der Waals surface area contributed by atoms with Crippen molar-refractivity contribution in [3.63, 3.8) is 0 Å². The number of amides is 1. The van der Waals surface area contributed by atoms with Crippen LogP contribution in [0.1, 0.15) is 10.4 Å². The number of phenolic OH excluding ortho intramolecular Hbond substituents is 1. The summed E-state index contributed by atoms with van der Waals surface area (Å²) in [6, 6.07) is 8.85. The van der Waals surface area contributed by atoms with Gasteiger partial charge < -0.3 is 10.0 Å². The van der Waals surface area contributed by atoms with Gasteiger partial charge in [0.1, 0.15) is 5.82 Å². The molecule has 1 amide bonds. The maximum absolute atomic E-state index is 12.9. The minimum absolute atomic E-state index is 0.198. The number of halogens is 1. The first-order chi connectivity index (χ1) is 9.91. The molecule has 108 valence electrons. The Hall–Kier alpha value is -2.96. The van der Waals surface area contributed by atoms with Crippen molar-refractivity contribution < 1.29 is 19.2 Å². The maximum atomic E-state index is 12.9. The van der Waals surface area contributed by atoms with Crippen LogP contribution in [0.15, 0.2) is 42.5 Å². The Bertz CT molecular complexity index is 701. The van der Waals surface area contributed by atoms with Gasteiger partial charge in [0, 0.05) is 18.8 Å². The van der Waals surface area contributed by atoms with Crippen LogP contribution in [0.25, 0.3) is 0 Å². The number of hydrogen-bond donors (Lipinski definition) is 1. The van der Waals surface area contributed by atoms with Crippen molar-refractivity contribution in [3.8, 4) is 5.75 Å². The predicted octanol–water partition coefficient (Wildman–Crippen LogP) is 2.72. The van der Waals surface area contributed by atoms with Crippen LogP contribution in [0.3, 0.4) is 0 Å². The molecule has 6 nitrogen and oxygen atoms in total. The van der Waals surface area contributed by atoms with Gasteiger partial charge in [-0.2, -0.15) is 0 Å². The second-order valence-electron chi connectivity index (χ2n) is 4.27. The van der Waals surface area contributed by atoms with Gasteiger partial charge in [0.25, 0.3) is 5.91 Å². The Labute approximate surface area is 119 Å². The Morgan fingerprint density at radius 1 is 1.24 bits per heavy atom. The van der Waals surface area contributed by atoms with Gasteiger partial charge in [0.15, 0.2) is 0 Å². The van der Waals surface area contributed by atoms with Gasteiger partial charge in [0.05, 0.1) is 10.5 Å². The quantitative estimate of drug-likeness (QED) is 0.695. The largest absolute Gasteiger partial charge is 0.502 e. The van der Waals surface area contributed by atoms with Gasteiger partial charge in [-0.3, -0.25) is 14.9 Å². The number of rotatable bonds is 3. The third kappa shape index (κ3) is 2.81. The van der Waals surface area contributed by atoms with Gasteiger partial charge in [-0.25, -0.2) is 4.39 Å². The molecular formula is C14H11FN2O4. The number of carbonyl (C=O) groups excluding carboxylic acids is 1. The molecular weight excluding hydrogens is 279 g/mol. The maximum Gasteiger partial charge on any atom is 0.311 e. The zero-order chi connectivity index (χ0) is 15.6. The molecule has 0 unspecified atom stereocenters. The summed E-state index contributed by atoms with van der Waals surface area (Å²) in [7, 11) is 1.42. The molecule has 7 heteroatoms. The minimum atomic E-state index is -0.774. The van der Waals surface area contributed by atoms with Gasteiger partial charge >= 0.3 is 5.69 Å². The Morgan fingerprint density at radius 3 is 2.43 bits per heavy atom. The number of hydrogen-bond acceptors (Lipinski definition) is 4. The first-order valence-electron chi connectivity index (χ1n) is 5.92. The number of para-hydroxylation sites is 1. The molecule has 0 aliphatic heterocycles. The van der Waals surface area contributed by atoms with Crippen LogP contribution in [-0.4, -0.2) is 23.0 Å². The molecule has 0 fully saturated rings. The van der Waals surface area contributed by atoms with E-state index >= 15 is 0 Å². The number of nitro groups is 1. The molecule has 0 saturated carbocycles. The summed E-state index contributed by atoms with van der Waals surface area (Å²) in [5.41, 5.74) is -0.350. The molecule has 0 bridgehead atoms. The van der Waals surface area contributed by atoms with Crippen molar-refractivity contribution in [3.05, 3.63) is 64.0 Å². The van der Waals surface area contributed by atoms with E-state index < -0.39 is 28.1 Å². The molecule has 2 aromatic carbocycles. The molecule has 21 heavy (non-hydrogen) atoms. The lowest BCUT2D eigenvalue weighted by Crippen LogP contribution is -2.26. The van der Waals surface area contributed by atoms with E-state index in [9.17, 15) is 24.4 Å². The number of carbonyl (C=O) groups is 1. The molecule has 0 spiro atoms. The van der Waals surface area contributed by atoms with Crippen LogP contribution in [0.2, 0.25) is 0 Å². The van der Waals surface area contributed by atoms with E-state index in [4.69, 9.17) is 0 Å². The highest BCUT2D eigenvalue weighted by atomic mass is 19.1. The summed E-state index contributed by atoms with van der Waals surface area (Å²) in [5, 5.41) is 20.6. The fraction of sp³-hybridized carbons (Fsp3) is 0.0714. The Morgan fingerprint density at radius 2 is 1.86 bits per heavy atom. The van der Waals surface area contributed by atoms with Crippen molar-refractivity contribution in [2.75, 3.05) is 11.9 Å². The van der Waals surface area contributed by atoms with Crippen LogP contribution in [0.5, 0.6) is 5.75 Å². The molecule has 0 aliphatic carbocycles. The van der Waals surface area contributed by atoms with E-state index in [-0.39, 0.29) is 5.56 Å². The first-order valence-corrected chi connectivity index (χ1v) is 5.92. The molecule has 0 aliphatic rings. The van der Waals surface area contributed by atoms with Crippen LogP contribution < -0.4 is 4.90 Å². The normalized spacial score (nSPS) is 10.2. The standard InChI is InChI=1S/C14H11FN2O4/c1-16(10-7-5-9(15)6-8-10)14(19)11-3-2-4-12(13(11)18)17(20)21/h2-8,18H,1H3. The Kier molecular flexibility index (Phi) is 3.84. The first kappa shape index (κ1) is 14.4. The van der Waals surface area contributed by atoms with E-state index in [0.29, 0.717) is 5.69 Å². The summed E-state index contributed by atoms with van der Waals surface area (Å²) in [4.78, 5) is 23.4. The second kappa shape index (κ2) is 5.58. The molecule has 2 rings (SSSR count). The van der Waals surface area contributed by atoms with Crippen LogP contribution in [0.4, 0.5) is 15.8 Å². The van der Waals surface area contributed by atoms with Gasteiger partial charge in [0.2, 0.25) is 5.75 Å². The van der Waals surface area contributed by atoms with Gasteiger partial charge in [-0.15, -0.1) is 0 Å². The number of phenols is 1. The highest BCUT2D eigenvalue weighted by molar-refractivity contribution is 6.08. The highest BCUT2D eigenvalue weighted by Crippen LogP contribution is 2.30. The lowest BCUT2D eigenvalue weighted by molar-refractivity contribution is -0.385. The molecule has 2 aromatic rings. The third-order valence-corrected chi connectivity index (χ3v) is 2.96. The smallest absolute Gasteiger partial charge is 0.311 e. The fourth-order valence-corrected chi connectivity index (χ4v) is 1.81. The van der Waals surface area contributed by atoms with E-state index in [2.05, 4.69) is 0 Å². The molecule has 0 aromatic heterocycles. The van der Waals surface area contributed by atoms with E-state index in [0.717, 1.165) is 11.0 Å². The summed E-state index contributed by atoms with van der Waals surface area (Å²) in [6.45, 7) is 0. The van der Waals surface area contributed by atoms with E-state index in [1.165, 1.54) is 43.4 Å². The summed E-state index contributed by atoms with van der Waals surface area (Å²) in [5.74, 6) is -1.78. The topological polar surface area (TPSA) is 83.7 Å². The fourth-order valence-electron chi connectivity index (χ4n) is 1.81. The second-order valence-corrected chi connectivity index (χ2v) is 4.27. The molecule has 0 saturated heterocycles. The number of anilines is 1. The molecule has 0 radical (unpaired) electrons. The molecule has 0 heterocycles. The Balaban J connectivity index is 2.38. The van der Waals surface area contributed by atoms with Crippen LogP contribution in [0, 0.1) is 15.9 Å². The predicted molar refractivity (Wildman–Crippen MR) is 73.9 cm³/mol. The zero-order valence-corrected chi connectivity index (χ0v) is 11.0. The molecule has 0 atom stereocenters. The summed E-state index contributed by atoms with van der Waals surface area (Å²) in [6.07, 6.45) is 0. The summed E-state index contributed by atoms with van der Waals surface area (Å²) < 4.78 is 12.9. The SMILES string of the molecule is CN(C(=O)c1cccc([N+](=O)[O-])c1O)c1ccc(F)cc1. The molecule has 1 N–H and O–H groups in total. The third-order valence-electron chi connectivity index (χ3n) is 2.96. The van der Waals surface area contributed by atoms with Crippen LogP contribution >= 0.6 is 0 Å². The number of nitrogens with zero attached hydrogens (tertiary/aromatic N) is 2. The van der Waals surface area contributed by atoms with E-state index in [1.807, 2.05) is 0 Å². The lowest BCUT2D eigenvalue weighted by atomic mass is 10.1. The number of benzene rings is 2. The van der Waals surface area contributed by atoms with Crippen molar-refractivity contribution in [2.24, 2.45) is 0 Å². The van der Waals surface area contributed by atoms with Gasteiger partial charge in [-0.1, -0.05) is 6.07 Å². The lowest BCUT2D eigenvalue weighted by Gasteiger charge is -2.17. The minimum Gasteiger partial charge on any atom is -0.502 e. The average Bonchev–Trinajstić information content (AvgIpc) is 2.46. The van der Waals surface area contributed by atoms with Crippen LogP contribution in [-0.2, 0) is 0 Å². The van der Waals surface area contributed by atoms with Crippen molar-refractivity contribution in [1.82, 2.24) is 0 Å². The number of nitro benzene ring substituents is 1. The van der Waals surface area contributed by atoms with E-state index in [1.54, 1.807) is 0 Å². The number of aromatic hydroxyl groups is 1. The highest BCUT2D eigenvalue weighted by Gasteiger charge is 2.23. The van der Waals surface area contributed by atoms with Gasteiger partial charge in [-0.05, 0) is 30.3 Å². The zero-order valence-electron chi connectivity index (χ0n) is 11.0. The van der Waals surface area contributed by atoms with Crippen molar-refractivity contribution in [1.29, 1.82) is 0 Å². The van der Waals surface area contributed by atoms with Crippen molar-refractivity contribution in [2.45, 2.75) is 0 Å².